The minimum Gasteiger partial charge on any atom is -0.350 e. The molecule has 0 aliphatic carbocycles. The largest absolute Gasteiger partial charge is 0.350 e. The van der Waals surface area contributed by atoms with E-state index in [0.717, 1.165) is 22.0 Å². The zero-order valence-electron chi connectivity index (χ0n) is 25.0. The van der Waals surface area contributed by atoms with Crippen LogP contribution in [0.4, 0.5) is 4.39 Å². The summed E-state index contributed by atoms with van der Waals surface area (Å²) in [6.07, 6.45) is 3.05. The van der Waals surface area contributed by atoms with Crippen molar-refractivity contribution >= 4 is 28.6 Å². The first-order valence-electron chi connectivity index (χ1n) is 15.0. The van der Waals surface area contributed by atoms with Gasteiger partial charge in [0.2, 0.25) is 17.7 Å². The lowest BCUT2D eigenvalue weighted by Crippen LogP contribution is -2.57. The van der Waals surface area contributed by atoms with Gasteiger partial charge in [-0.1, -0.05) is 37.3 Å². The highest BCUT2D eigenvalue weighted by atomic mass is 19.1. The number of aryl methyl sites for hydroxylation is 1. The number of hydrogen-bond acceptors (Lipinski definition) is 4. The van der Waals surface area contributed by atoms with Crippen LogP contribution >= 0.6 is 0 Å². The molecule has 0 saturated carbocycles. The molecule has 2 aromatic carbocycles. The molecule has 1 unspecified atom stereocenters. The van der Waals surface area contributed by atoms with Crippen LogP contribution < -0.4 is 11.1 Å². The monoisotopic (exact) mass is 575 g/mol. The normalized spacial score (nSPS) is 22.3. The molecule has 8 nitrogen and oxygen atoms in total. The van der Waals surface area contributed by atoms with Crippen LogP contribution in [-0.4, -0.2) is 63.9 Å². The van der Waals surface area contributed by atoms with Gasteiger partial charge in [0.1, 0.15) is 5.82 Å². The van der Waals surface area contributed by atoms with Crippen molar-refractivity contribution in [1.82, 2.24) is 19.7 Å². The van der Waals surface area contributed by atoms with Crippen LogP contribution in [0, 0.1) is 17.2 Å². The number of nitrogens with two attached hydrogens (primary N) is 1. The van der Waals surface area contributed by atoms with Gasteiger partial charge in [0, 0.05) is 62.2 Å². The van der Waals surface area contributed by atoms with E-state index >= 15 is 0 Å². The van der Waals surface area contributed by atoms with Gasteiger partial charge in [-0.15, -0.1) is 0 Å². The molecule has 2 fully saturated rings. The van der Waals surface area contributed by atoms with Gasteiger partial charge in [0.25, 0.3) is 0 Å². The van der Waals surface area contributed by atoms with Crippen LogP contribution in [-0.2, 0) is 27.9 Å². The standard InChI is InChI=1S/C33H42FN5O3/c1-5-29(40)36-30(35)26(17-23-18-37(4)28-10-7-6-9-25(23)28)31(41)38-16-8-15-33(20-38)27(19-39(21(2)3)32(33)42)22-11-13-24(34)14-12-22/h6-7,9-14,18,21,26-27,30H,5,8,15-17,19-20,35H2,1-4H3,(H,36,40)/t26-,27-,30?,33+/m1/s1. The van der Waals surface area contributed by atoms with Crippen molar-refractivity contribution in [2.75, 3.05) is 19.6 Å². The highest BCUT2D eigenvalue weighted by Crippen LogP contribution is 2.50. The number of nitrogens with one attached hydrogen (secondary N) is 1. The number of nitrogens with zero attached hydrogens (tertiary/aromatic N) is 3. The molecule has 0 radical (unpaired) electrons. The highest BCUT2D eigenvalue weighted by molar-refractivity contribution is 5.90. The fraction of sp³-hybridized carbons (Fsp3) is 0.485. The topological polar surface area (TPSA) is 101 Å². The van der Waals surface area contributed by atoms with Gasteiger partial charge in [-0.2, -0.15) is 0 Å². The molecular weight excluding hydrogens is 533 g/mol. The summed E-state index contributed by atoms with van der Waals surface area (Å²) >= 11 is 0. The second kappa shape index (κ2) is 11.9. The number of amides is 3. The number of para-hydroxylation sites is 1. The van der Waals surface area contributed by atoms with E-state index in [0.29, 0.717) is 32.4 Å². The lowest BCUT2D eigenvalue weighted by atomic mass is 9.68. The molecule has 2 aliphatic heterocycles. The predicted octanol–water partition coefficient (Wildman–Crippen LogP) is 3.93. The number of hydrogen-bond donors (Lipinski definition) is 2. The maximum absolute atomic E-state index is 14.4. The average molecular weight is 576 g/mol. The van der Waals surface area contributed by atoms with Crippen molar-refractivity contribution in [2.24, 2.45) is 24.1 Å². The number of halogens is 1. The summed E-state index contributed by atoms with van der Waals surface area (Å²) in [5.74, 6) is -1.56. The van der Waals surface area contributed by atoms with E-state index in [1.165, 1.54) is 12.1 Å². The average Bonchev–Trinajstić information content (AvgIpc) is 3.45. The quantitative estimate of drug-likeness (QED) is 0.398. The minimum atomic E-state index is -0.888. The molecule has 5 rings (SSSR count). The molecule has 1 aromatic heterocycles. The van der Waals surface area contributed by atoms with E-state index in [-0.39, 0.29) is 48.5 Å². The molecule has 2 aliphatic rings. The fourth-order valence-electron chi connectivity index (χ4n) is 7.00. The van der Waals surface area contributed by atoms with Gasteiger partial charge in [0.15, 0.2) is 0 Å². The van der Waals surface area contributed by atoms with Crippen LogP contribution in [0.1, 0.15) is 57.1 Å². The maximum Gasteiger partial charge on any atom is 0.231 e. The summed E-state index contributed by atoms with van der Waals surface area (Å²) in [6.45, 7) is 7.04. The molecule has 3 aromatic rings. The van der Waals surface area contributed by atoms with E-state index in [1.807, 2.05) is 60.8 Å². The van der Waals surface area contributed by atoms with Gasteiger partial charge in [-0.3, -0.25) is 14.4 Å². The third-order valence-corrected chi connectivity index (χ3v) is 9.28. The summed E-state index contributed by atoms with van der Waals surface area (Å²) in [7, 11) is 1.97. The second-order valence-electron chi connectivity index (χ2n) is 12.2. The SMILES string of the molecule is CCC(=O)NC(N)[C@@H](Cc1cn(C)c2ccccc12)C(=O)N1CCC[C@@]2(C1)C(=O)N(C(C)C)C[C@@H]2c1ccc(F)cc1. The molecule has 0 bridgehead atoms. The Hall–Kier alpha value is -3.72. The minimum absolute atomic E-state index is 0.00249. The number of likely N-dealkylation sites (tertiary alicyclic amines) is 2. The first-order chi connectivity index (χ1) is 20.1. The number of piperidine rings is 1. The molecule has 2 saturated heterocycles. The molecule has 3 amide bonds. The van der Waals surface area contributed by atoms with Crippen LogP contribution in [0.5, 0.6) is 0 Å². The number of carbonyl (C=O) groups is 3. The van der Waals surface area contributed by atoms with Crippen molar-refractivity contribution < 1.29 is 18.8 Å². The van der Waals surface area contributed by atoms with E-state index in [2.05, 4.69) is 5.32 Å². The molecule has 3 heterocycles. The fourth-order valence-corrected chi connectivity index (χ4v) is 7.00. The first kappa shape index (κ1) is 29.8. The van der Waals surface area contributed by atoms with E-state index in [4.69, 9.17) is 5.73 Å². The van der Waals surface area contributed by atoms with E-state index in [9.17, 15) is 18.8 Å². The number of carbonyl (C=O) groups excluding carboxylic acids is 3. The Kier molecular flexibility index (Phi) is 8.42. The Morgan fingerprint density at radius 1 is 1.14 bits per heavy atom. The molecule has 1 spiro atoms. The van der Waals surface area contributed by atoms with Gasteiger partial charge < -0.3 is 25.4 Å². The number of fused-ring (bicyclic) bond motifs is 1. The van der Waals surface area contributed by atoms with Crippen molar-refractivity contribution in [3.05, 3.63) is 71.7 Å². The van der Waals surface area contributed by atoms with Crippen molar-refractivity contribution in [3.63, 3.8) is 0 Å². The summed E-state index contributed by atoms with van der Waals surface area (Å²) in [5.41, 5.74) is 8.69. The third-order valence-electron chi connectivity index (χ3n) is 9.28. The van der Waals surface area contributed by atoms with Crippen LogP contribution in [0.15, 0.2) is 54.7 Å². The van der Waals surface area contributed by atoms with Crippen molar-refractivity contribution in [3.8, 4) is 0 Å². The lowest BCUT2D eigenvalue weighted by Gasteiger charge is -2.44. The Morgan fingerprint density at radius 3 is 2.55 bits per heavy atom. The summed E-state index contributed by atoms with van der Waals surface area (Å²) in [5, 5.41) is 3.87. The zero-order valence-corrected chi connectivity index (χ0v) is 25.0. The summed E-state index contributed by atoms with van der Waals surface area (Å²) < 4.78 is 15.9. The van der Waals surface area contributed by atoms with Crippen molar-refractivity contribution in [2.45, 2.75) is 64.6 Å². The molecule has 3 N–H and O–H groups in total. The summed E-state index contributed by atoms with van der Waals surface area (Å²) in [6, 6.07) is 14.4. The van der Waals surface area contributed by atoms with Gasteiger partial charge >= 0.3 is 0 Å². The zero-order chi connectivity index (χ0) is 30.2. The lowest BCUT2D eigenvalue weighted by molar-refractivity contribution is -0.147. The van der Waals surface area contributed by atoms with E-state index in [1.54, 1.807) is 24.0 Å². The molecular formula is C33H42FN5O3. The van der Waals surface area contributed by atoms with E-state index < -0.39 is 17.5 Å². The smallest absolute Gasteiger partial charge is 0.231 e. The first-order valence-corrected chi connectivity index (χ1v) is 15.0. The number of benzene rings is 2. The maximum atomic E-state index is 14.4. The predicted molar refractivity (Wildman–Crippen MR) is 161 cm³/mol. The Labute approximate surface area is 247 Å². The summed E-state index contributed by atoms with van der Waals surface area (Å²) in [4.78, 5) is 44.6. The Morgan fingerprint density at radius 2 is 1.86 bits per heavy atom. The molecule has 4 atom stereocenters. The molecule has 9 heteroatoms. The Balaban J connectivity index is 1.49. The van der Waals surface area contributed by atoms with Gasteiger partial charge in [-0.05, 0) is 62.4 Å². The van der Waals surface area contributed by atoms with Crippen LogP contribution in [0.25, 0.3) is 10.9 Å². The van der Waals surface area contributed by atoms with Crippen molar-refractivity contribution in [1.29, 1.82) is 0 Å². The number of aromatic nitrogens is 1. The second-order valence-corrected chi connectivity index (χ2v) is 12.2. The van der Waals surface area contributed by atoms with Gasteiger partial charge in [-0.25, -0.2) is 4.39 Å². The Bertz CT molecular complexity index is 1470. The van der Waals surface area contributed by atoms with Gasteiger partial charge in [0.05, 0.1) is 17.5 Å². The van der Waals surface area contributed by atoms with Crippen LogP contribution in [0.2, 0.25) is 0 Å². The molecule has 224 valence electrons. The number of rotatable bonds is 8. The highest BCUT2D eigenvalue weighted by Gasteiger charge is 2.57. The van der Waals surface area contributed by atoms with Crippen LogP contribution in [0.3, 0.4) is 0 Å². The molecule has 42 heavy (non-hydrogen) atoms. The third kappa shape index (κ3) is 5.42.